The summed E-state index contributed by atoms with van der Waals surface area (Å²) in [6.45, 7) is 4.36. The monoisotopic (exact) mass is 1380 g/mol. The van der Waals surface area contributed by atoms with Gasteiger partial charge in [-0.15, -0.1) is 0 Å². The van der Waals surface area contributed by atoms with Crippen LogP contribution in [0.4, 0.5) is 0 Å². The van der Waals surface area contributed by atoms with Gasteiger partial charge in [0.2, 0.25) is 0 Å². The van der Waals surface area contributed by atoms with Crippen LogP contribution in [0.25, 0.3) is 0 Å². The SMILES string of the molecule is CC/C=C\C/C=C\C/C=C\C/C=C\C/C=C\CCCC(=O)OCC(COP(=O)(O)OCC(O)COP(=O)(O)OCC(COC(=O)CCCCCCC/C=C\C/C=C\CCC)OC(=O)CCCCCCC/C=C\CCCC)OC(=O)CCCC/C=C\C/C=C\C/C=C\C/C=C\CC. The molecule has 0 fully saturated rings. The van der Waals surface area contributed by atoms with E-state index >= 15 is 0 Å². The first-order valence-corrected chi connectivity index (χ1v) is 39.1. The molecule has 19 heteroatoms. The molecule has 546 valence electrons. The highest BCUT2D eigenvalue weighted by atomic mass is 31.2. The van der Waals surface area contributed by atoms with Gasteiger partial charge in [0.1, 0.15) is 19.3 Å². The van der Waals surface area contributed by atoms with E-state index in [1.165, 1.54) is 12.8 Å². The highest BCUT2D eigenvalue weighted by molar-refractivity contribution is 7.47. The van der Waals surface area contributed by atoms with E-state index < -0.39 is 97.5 Å². The van der Waals surface area contributed by atoms with E-state index in [1.807, 2.05) is 18.2 Å². The van der Waals surface area contributed by atoms with Crippen molar-refractivity contribution in [1.82, 2.24) is 0 Å². The number of esters is 4. The summed E-state index contributed by atoms with van der Waals surface area (Å²) >= 11 is 0. The van der Waals surface area contributed by atoms with Crippen LogP contribution < -0.4 is 0 Å². The Morgan fingerprint density at radius 2 is 0.573 bits per heavy atom. The van der Waals surface area contributed by atoms with Crippen molar-refractivity contribution in [1.29, 1.82) is 0 Å². The van der Waals surface area contributed by atoms with Crippen LogP contribution in [0.3, 0.4) is 0 Å². The van der Waals surface area contributed by atoms with Gasteiger partial charge in [-0.3, -0.25) is 37.3 Å². The Kier molecular flexibility index (Phi) is 64.9. The Labute approximate surface area is 579 Å². The average Bonchev–Trinajstić information content (AvgIpc) is 2.18. The van der Waals surface area contributed by atoms with Crippen molar-refractivity contribution < 1.29 is 80.2 Å². The summed E-state index contributed by atoms with van der Waals surface area (Å²) in [5.41, 5.74) is 0. The molecule has 0 bridgehead atoms. The number of aliphatic hydroxyl groups is 1. The third kappa shape index (κ3) is 67.5. The summed E-state index contributed by atoms with van der Waals surface area (Å²) in [5, 5.41) is 10.6. The number of rotatable bonds is 66. The number of carbonyl (C=O) groups is 4. The number of aliphatic hydroxyl groups excluding tert-OH is 1. The first-order valence-electron chi connectivity index (χ1n) is 36.1. The lowest BCUT2D eigenvalue weighted by atomic mass is 10.1. The molecule has 0 aromatic heterocycles. The van der Waals surface area contributed by atoms with Crippen LogP contribution in [0.15, 0.2) is 146 Å². The van der Waals surface area contributed by atoms with Crippen molar-refractivity contribution >= 4 is 39.5 Å². The molecule has 0 saturated carbocycles. The number of hydrogen-bond acceptors (Lipinski definition) is 15. The number of unbranched alkanes of at least 4 members (excludes halogenated alkanes) is 16. The second-order valence-corrected chi connectivity index (χ2v) is 26.3. The maximum absolute atomic E-state index is 13.0. The number of phosphoric ester groups is 2. The van der Waals surface area contributed by atoms with Crippen LogP contribution in [-0.2, 0) is 65.4 Å². The molecular weight excluding hydrogens is 1260 g/mol. The predicted molar refractivity (Wildman–Crippen MR) is 390 cm³/mol. The maximum Gasteiger partial charge on any atom is 0.472 e. The van der Waals surface area contributed by atoms with Crippen LogP contribution >= 0.6 is 15.6 Å². The first kappa shape index (κ1) is 90.9. The molecule has 0 aliphatic heterocycles. The molecule has 5 atom stereocenters. The molecule has 0 amide bonds. The molecule has 0 spiro atoms. The van der Waals surface area contributed by atoms with Gasteiger partial charge in [-0.1, -0.05) is 231 Å². The molecule has 0 aliphatic rings. The van der Waals surface area contributed by atoms with Crippen LogP contribution in [0.1, 0.15) is 259 Å². The van der Waals surface area contributed by atoms with Crippen molar-refractivity contribution in [3.8, 4) is 0 Å². The molecule has 0 radical (unpaired) electrons. The minimum atomic E-state index is -5.00. The van der Waals surface area contributed by atoms with E-state index in [1.54, 1.807) is 0 Å². The van der Waals surface area contributed by atoms with E-state index in [-0.39, 0.29) is 25.7 Å². The molecule has 0 saturated heterocycles. The fourth-order valence-corrected chi connectivity index (χ4v) is 10.4. The molecule has 3 N–H and O–H groups in total. The van der Waals surface area contributed by atoms with Gasteiger partial charge in [0.25, 0.3) is 0 Å². The van der Waals surface area contributed by atoms with Crippen molar-refractivity contribution in [3.05, 3.63) is 146 Å². The minimum Gasteiger partial charge on any atom is -0.462 e. The molecule has 5 unspecified atom stereocenters. The fourth-order valence-electron chi connectivity index (χ4n) is 8.79. The first-order chi connectivity index (χ1) is 46.7. The summed E-state index contributed by atoms with van der Waals surface area (Å²) < 4.78 is 68.2. The lowest BCUT2D eigenvalue weighted by Crippen LogP contribution is -2.30. The normalized spacial score (nSPS) is 14.9. The zero-order valence-electron chi connectivity index (χ0n) is 59.2. The van der Waals surface area contributed by atoms with Gasteiger partial charge in [-0.25, -0.2) is 9.13 Å². The van der Waals surface area contributed by atoms with E-state index in [9.17, 15) is 43.2 Å². The number of carbonyl (C=O) groups excluding carboxylic acids is 4. The van der Waals surface area contributed by atoms with E-state index in [2.05, 4.69) is 155 Å². The fraction of sp³-hybridized carbons (Fsp3) is 0.636. The highest BCUT2D eigenvalue weighted by Gasteiger charge is 2.30. The predicted octanol–water partition coefficient (Wildman–Crippen LogP) is 20.3. The maximum atomic E-state index is 13.0. The molecule has 17 nitrogen and oxygen atoms in total. The van der Waals surface area contributed by atoms with Crippen LogP contribution in [-0.4, -0.2) is 96.7 Å². The third-order valence-electron chi connectivity index (χ3n) is 14.2. The van der Waals surface area contributed by atoms with Crippen molar-refractivity contribution in [2.45, 2.75) is 277 Å². The number of hydrogen-bond donors (Lipinski definition) is 3. The van der Waals surface area contributed by atoms with Crippen LogP contribution in [0.5, 0.6) is 0 Å². The summed E-state index contributed by atoms with van der Waals surface area (Å²) in [6.07, 6.45) is 75.9. The highest BCUT2D eigenvalue weighted by Crippen LogP contribution is 2.45. The Morgan fingerprint density at radius 3 is 0.948 bits per heavy atom. The third-order valence-corrected chi connectivity index (χ3v) is 16.2. The largest absolute Gasteiger partial charge is 0.472 e. The molecule has 0 aliphatic carbocycles. The molecular formula is C77H126O17P2. The van der Waals surface area contributed by atoms with Crippen molar-refractivity contribution in [2.75, 3.05) is 39.6 Å². The van der Waals surface area contributed by atoms with Gasteiger partial charge in [-0.2, -0.15) is 0 Å². The second kappa shape index (κ2) is 68.5. The molecule has 0 aromatic rings. The van der Waals surface area contributed by atoms with Crippen molar-refractivity contribution in [2.24, 2.45) is 0 Å². The summed E-state index contributed by atoms with van der Waals surface area (Å²) in [4.78, 5) is 72.6. The topological polar surface area (TPSA) is 237 Å². The average molecular weight is 1390 g/mol. The van der Waals surface area contributed by atoms with Gasteiger partial charge < -0.3 is 33.8 Å². The van der Waals surface area contributed by atoms with Crippen LogP contribution in [0.2, 0.25) is 0 Å². The number of phosphoric acid groups is 2. The molecule has 96 heavy (non-hydrogen) atoms. The summed E-state index contributed by atoms with van der Waals surface area (Å²) in [7, 11) is -9.98. The molecule has 0 rings (SSSR count). The molecule has 0 heterocycles. The van der Waals surface area contributed by atoms with Gasteiger partial charge in [0, 0.05) is 25.7 Å². The van der Waals surface area contributed by atoms with Gasteiger partial charge in [-0.05, 0) is 148 Å². The second-order valence-electron chi connectivity index (χ2n) is 23.4. The van der Waals surface area contributed by atoms with Gasteiger partial charge in [0.05, 0.1) is 26.4 Å². The van der Waals surface area contributed by atoms with Gasteiger partial charge >= 0.3 is 39.5 Å². The van der Waals surface area contributed by atoms with E-state index in [4.69, 9.17) is 37.0 Å². The van der Waals surface area contributed by atoms with E-state index in [0.29, 0.717) is 38.5 Å². The minimum absolute atomic E-state index is 0.0254. The van der Waals surface area contributed by atoms with Gasteiger partial charge in [0.15, 0.2) is 12.2 Å². The number of ether oxygens (including phenoxy) is 4. The number of allylic oxidation sites excluding steroid dienone is 24. The Morgan fingerprint density at radius 1 is 0.302 bits per heavy atom. The van der Waals surface area contributed by atoms with E-state index in [0.717, 1.165) is 154 Å². The Bertz CT molecular complexity index is 2400. The lowest BCUT2D eigenvalue weighted by molar-refractivity contribution is -0.161. The van der Waals surface area contributed by atoms with Crippen molar-refractivity contribution in [3.63, 3.8) is 0 Å². The standard InChI is InChI=1S/C77H126O17P2/c1-5-9-13-17-21-25-29-32-34-35-37-39-43-46-50-54-58-62-75(80)88-68-73(94-77(82)64-60-56-52-48-44-40-36-33-30-26-22-18-14-10-6-2)70-92-96(85,86)90-66-71(78)65-89-95(83,84)91-69-72(93-76(81)63-59-55-51-47-41-28-24-20-16-12-8-4)67-87-74(79)61-57-53-49-45-42-38-31-27-23-19-15-11-7-3/h9-10,13-15,19-22,24-27,31-34,36-37,39,44,46,48,50,71-73,78H,5-8,11-12,16-18,23,28-30,35,38,40-43,45,47,49,51-70H2,1-4H3,(H,83,84)(H,85,86)/b13-9-,14-10-,19-15-,24-20-,25-21-,26-22-,31-27-,34-32-,36-33-,39-37-,48-44-,50-46-. The smallest absolute Gasteiger partial charge is 0.462 e. The zero-order valence-corrected chi connectivity index (χ0v) is 61.0. The zero-order chi connectivity index (χ0) is 70.4. The lowest BCUT2D eigenvalue weighted by Gasteiger charge is -2.21. The van der Waals surface area contributed by atoms with Crippen LogP contribution in [0, 0.1) is 0 Å². The quantitative estimate of drug-likeness (QED) is 0.0169. The Balaban J connectivity index is 5.44. The summed E-state index contributed by atoms with van der Waals surface area (Å²) in [6, 6.07) is 0. The Hall–Kier alpha value is -5.06. The molecule has 0 aromatic carbocycles. The summed E-state index contributed by atoms with van der Waals surface area (Å²) in [5.74, 6) is -2.33.